The summed E-state index contributed by atoms with van der Waals surface area (Å²) in [6.07, 6.45) is -4.90. The summed E-state index contributed by atoms with van der Waals surface area (Å²) in [6.45, 7) is 0. The van der Waals surface area contributed by atoms with Crippen molar-refractivity contribution < 1.29 is 28.0 Å². The van der Waals surface area contributed by atoms with Crippen LogP contribution >= 0.6 is 11.6 Å². The molecule has 5 nitrogen and oxygen atoms in total. The molecule has 2 aromatic rings. The van der Waals surface area contributed by atoms with E-state index in [0.717, 1.165) is 12.1 Å². The summed E-state index contributed by atoms with van der Waals surface area (Å²) < 4.78 is 38.1. The first-order chi connectivity index (χ1) is 13.2. The molecule has 2 aromatic carbocycles. The number of hydrogen-bond donors (Lipinski definition) is 2. The van der Waals surface area contributed by atoms with E-state index in [2.05, 4.69) is 10.5 Å². The minimum atomic E-state index is -4.51. The van der Waals surface area contributed by atoms with Gasteiger partial charge in [0.05, 0.1) is 17.7 Å². The molecule has 0 heterocycles. The number of carbonyl (C=O) groups excluding carboxylic acids is 2. The second kappa shape index (κ2) is 9.36. The Bertz CT molecular complexity index is 881. The highest BCUT2D eigenvalue weighted by Gasteiger charge is 2.30. The Morgan fingerprint density at radius 1 is 1.07 bits per heavy atom. The van der Waals surface area contributed by atoms with Crippen LogP contribution in [0.3, 0.4) is 0 Å². The summed E-state index contributed by atoms with van der Waals surface area (Å²) in [7, 11) is 0. The average Bonchev–Trinajstić information content (AvgIpc) is 2.65. The molecular weight excluding hydrogens is 397 g/mol. The van der Waals surface area contributed by atoms with Crippen molar-refractivity contribution in [2.24, 2.45) is 5.16 Å². The molecule has 0 fully saturated rings. The number of amides is 1. The molecule has 0 aliphatic heterocycles. The molecule has 0 aromatic heterocycles. The van der Waals surface area contributed by atoms with Gasteiger partial charge in [0.2, 0.25) is 5.91 Å². The molecule has 28 heavy (non-hydrogen) atoms. The van der Waals surface area contributed by atoms with Crippen molar-refractivity contribution >= 4 is 34.7 Å². The summed E-state index contributed by atoms with van der Waals surface area (Å²) in [5, 5.41) is 14.9. The lowest BCUT2D eigenvalue weighted by atomic mass is 10.0. The van der Waals surface area contributed by atoms with E-state index in [0.29, 0.717) is 10.6 Å². The second-order valence-electron chi connectivity index (χ2n) is 5.90. The van der Waals surface area contributed by atoms with Crippen molar-refractivity contribution in [1.29, 1.82) is 0 Å². The van der Waals surface area contributed by atoms with Gasteiger partial charge in [-0.15, -0.1) is 0 Å². The number of carbonyl (C=O) groups is 2. The maximum Gasteiger partial charge on any atom is 0.416 e. The van der Waals surface area contributed by atoms with Gasteiger partial charge in [-0.05, 0) is 48.9 Å². The molecule has 2 rings (SSSR count). The first kappa shape index (κ1) is 21.4. The zero-order valence-corrected chi connectivity index (χ0v) is 15.2. The molecule has 0 spiro atoms. The predicted octanol–water partition coefficient (Wildman–Crippen LogP) is 5.18. The Hall–Kier alpha value is -2.87. The fourth-order valence-corrected chi connectivity index (χ4v) is 2.48. The number of nitrogens with one attached hydrogen (secondary N) is 1. The summed E-state index contributed by atoms with van der Waals surface area (Å²) in [5.74, 6) is -0.887. The largest absolute Gasteiger partial charge is 0.416 e. The van der Waals surface area contributed by atoms with Crippen molar-refractivity contribution in [3.05, 3.63) is 64.7 Å². The quantitative estimate of drug-likeness (QED) is 0.284. The Labute approximate surface area is 163 Å². The van der Waals surface area contributed by atoms with Gasteiger partial charge in [0.25, 0.3) is 0 Å². The molecule has 2 N–H and O–H groups in total. The van der Waals surface area contributed by atoms with Crippen LogP contribution < -0.4 is 5.32 Å². The van der Waals surface area contributed by atoms with Crippen LogP contribution in [-0.4, -0.2) is 22.6 Å². The number of rotatable bonds is 7. The maximum absolute atomic E-state index is 12.7. The van der Waals surface area contributed by atoms with Gasteiger partial charge in [0, 0.05) is 22.7 Å². The van der Waals surface area contributed by atoms with Crippen molar-refractivity contribution in [2.75, 3.05) is 5.32 Å². The zero-order valence-electron chi connectivity index (χ0n) is 14.5. The lowest BCUT2D eigenvalue weighted by molar-refractivity contribution is -0.137. The fourth-order valence-electron chi connectivity index (χ4n) is 2.35. The van der Waals surface area contributed by atoms with Gasteiger partial charge in [-0.3, -0.25) is 9.59 Å². The highest BCUT2D eigenvalue weighted by Crippen LogP contribution is 2.30. The van der Waals surface area contributed by atoms with Gasteiger partial charge in [-0.2, -0.15) is 13.2 Å². The van der Waals surface area contributed by atoms with E-state index >= 15 is 0 Å². The van der Waals surface area contributed by atoms with Gasteiger partial charge in [-0.25, -0.2) is 0 Å². The number of benzene rings is 2. The first-order valence-electron chi connectivity index (χ1n) is 8.14. The van der Waals surface area contributed by atoms with Crippen molar-refractivity contribution in [3.63, 3.8) is 0 Å². The normalized spacial score (nSPS) is 11.9. The van der Waals surface area contributed by atoms with E-state index in [4.69, 9.17) is 16.8 Å². The SMILES string of the molecule is O=C(CC/C(CC(=O)c1ccc(Cl)cc1)=N/O)Nc1cccc(C(F)(F)F)c1. The van der Waals surface area contributed by atoms with E-state index in [9.17, 15) is 22.8 Å². The zero-order chi connectivity index (χ0) is 20.7. The van der Waals surface area contributed by atoms with Gasteiger partial charge in [0.1, 0.15) is 0 Å². The average molecular weight is 413 g/mol. The molecule has 0 unspecified atom stereocenters. The molecule has 148 valence electrons. The van der Waals surface area contributed by atoms with Crippen LogP contribution in [0.2, 0.25) is 5.02 Å². The molecule has 0 bridgehead atoms. The summed E-state index contributed by atoms with van der Waals surface area (Å²) in [4.78, 5) is 24.1. The monoisotopic (exact) mass is 412 g/mol. The van der Waals surface area contributed by atoms with Crippen LogP contribution in [0.5, 0.6) is 0 Å². The van der Waals surface area contributed by atoms with Crippen molar-refractivity contribution in [1.82, 2.24) is 0 Å². The first-order valence-corrected chi connectivity index (χ1v) is 8.52. The maximum atomic E-state index is 12.7. The number of Topliss-reactive ketones (excluding diaryl/α,β-unsaturated/α-hetero) is 1. The van der Waals surface area contributed by atoms with Crippen LogP contribution in [0, 0.1) is 0 Å². The van der Waals surface area contributed by atoms with Crippen molar-refractivity contribution in [2.45, 2.75) is 25.4 Å². The Morgan fingerprint density at radius 3 is 2.36 bits per heavy atom. The summed E-state index contributed by atoms with van der Waals surface area (Å²) >= 11 is 5.75. The fraction of sp³-hybridized carbons (Fsp3) is 0.211. The number of halogens is 4. The van der Waals surface area contributed by atoms with Gasteiger partial charge in [-0.1, -0.05) is 22.8 Å². The Balaban J connectivity index is 1.90. The number of nitrogens with zero attached hydrogens (tertiary/aromatic N) is 1. The highest BCUT2D eigenvalue weighted by molar-refractivity contribution is 6.30. The minimum Gasteiger partial charge on any atom is -0.411 e. The van der Waals surface area contributed by atoms with E-state index < -0.39 is 17.6 Å². The molecule has 0 radical (unpaired) electrons. The number of hydrogen-bond acceptors (Lipinski definition) is 4. The third kappa shape index (κ3) is 6.38. The number of anilines is 1. The standard InChI is InChI=1S/C19H16ClF3N2O3/c20-14-6-4-12(5-7-14)17(26)11-16(25-28)8-9-18(27)24-15-3-1-2-13(10-15)19(21,22)23/h1-7,10,28H,8-9,11H2,(H,24,27)/b25-16-. The molecule has 0 saturated heterocycles. The predicted molar refractivity (Wildman–Crippen MR) is 98.9 cm³/mol. The molecule has 0 atom stereocenters. The summed E-state index contributed by atoms with van der Waals surface area (Å²) in [6, 6.07) is 10.4. The smallest absolute Gasteiger partial charge is 0.411 e. The minimum absolute atomic E-state index is 0.000414. The second-order valence-corrected chi connectivity index (χ2v) is 6.34. The van der Waals surface area contributed by atoms with Gasteiger partial charge >= 0.3 is 6.18 Å². The van der Waals surface area contributed by atoms with Gasteiger partial charge in [0.15, 0.2) is 5.78 Å². The van der Waals surface area contributed by atoms with Crippen LogP contribution in [0.25, 0.3) is 0 Å². The molecule has 0 aliphatic rings. The van der Waals surface area contributed by atoms with E-state index in [1.807, 2.05) is 0 Å². The Morgan fingerprint density at radius 2 is 1.75 bits per heavy atom. The van der Waals surface area contributed by atoms with Crippen LogP contribution in [0.4, 0.5) is 18.9 Å². The molecule has 0 aliphatic carbocycles. The van der Waals surface area contributed by atoms with E-state index in [-0.39, 0.29) is 36.4 Å². The molecule has 9 heteroatoms. The number of oxime groups is 1. The highest BCUT2D eigenvalue weighted by atomic mass is 35.5. The van der Waals surface area contributed by atoms with Crippen LogP contribution in [0.1, 0.15) is 35.2 Å². The molecule has 1 amide bonds. The van der Waals surface area contributed by atoms with E-state index in [1.165, 1.54) is 24.3 Å². The van der Waals surface area contributed by atoms with Crippen LogP contribution in [0.15, 0.2) is 53.7 Å². The van der Waals surface area contributed by atoms with Crippen molar-refractivity contribution in [3.8, 4) is 0 Å². The van der Waals surface area contributed by atoms with Gasteiger partial charge < -0.3 is 10.5 Å². The molecule has 0 saturated carbocycles. The third-order valence-corrected chi connectivity index (χ3v) is 4.04. The Kier molecular flexibility index (Phi) is 7.17. The third-order valence-electron chi connectivity index (χ3n) is 3.79. The lowest BCUT2D eigenvalue weighted by Gasteiger charge is -2.10. The topological polar surface area (TPSA) is 78.8 Å². The molecular formula is C19H16ClF3N2O3. The lowest BCUT2D eigenvalue weighted by Crippen LogP contribution is -2.16. The number of ketones is 1. The van der Waals surface area contributed by atoms with E-state index in [1.54, 1.807) is 12.1 Å². The van der Waals surface area contributed by atoms with Crippen LogP contribution in [-0.2, 0) is 11.0 Å². The number of alkyl halides is 3. The summed E-state index contributed by atoms with van der Waals surface area (Å²) in [5.41, 5.74) is -0.422.